The smallest absolute Gasteiger partial charge is 0.242 e. The van der Waals surface area contributed by atoms with Gasteiger partial charge >= 0.3 is 0 Å². The second-order valence-corrected chi connectivity index (χ2v) is 7.82. The average molecular weight is 344 g/mol. The zero-order valence-corrected chi connectivity index (χ0v) is 15.1. The quantitative estimate of drug-likeness (QED) is 0.561. The van der Waals surface area contributed by atoms with E-state index in [1.54, 1.807) is 24.3 Å². The van der Waals surface area contributed by atoms with Crippen molar-refractivity contribution in [2.75, 3.05) is 26.0 Å². The van der Waals surface area contributed by atoms with Gasteiger partial charge in [0, 0.05) is 26.3 Å². The molecule has 22 heavy (non-hydrogen) atoms. The van der Waals surface area contributed by atoms with Gasteiger partial charge in [0.05, 0.1) is 4.90 Å². The molecule has 0 unspecified atom stereocenters. The van der Waals surface area contributed by atoms with E-state index in [2.05, 4.69) is 17.6 Å². The minimum absolute atomic E-state index is 0.244. The van der Waals surface area contributed by atoms with Crippen LogP contribution < -0.4 is 10.6 Å². The van der Waals surface area contributed by atoms with E-state index in [9.17, 15) is 8.42 Å². The summed E-state index contributed by atoms with van der Waals surface area (Å²) in [6.07, 6.45) is 4.69. The summed E-state index contributed by atoms with van der Waals surface area (Å²) in [5, 5.41) is 6.66. The first-order valence-corrected chi connectivity index (χ1v) is 9.30. The summed E-state index contributed by atoms with van der Waals surface area (Å²) in [7, 11) is -0.409. The van der Waals surface area contributed by atoms with Crippen LogP contribution in [0.1, 0.15) is 32.6 Å². The Morgan fingerprint density at radius 2 is 1.95 bits per heavy atom. The van der Waals surface area contributed by atoms with Crippen molar-refractivity contribution in [2.45, 2.75) is 37.5 Å². The Kier molecular flexibility index (Phi) is 7.78. The van der Waals surface area contributed by atoms with Crippen molar-refractivity contribution in [2.24, 2.45) is 0 Å². The molecule has 0 atom stereocenters. The molecule has 0 amide bonds. The van der Waals surface area contributed by atoms with Crippen LogP contribution in [0.2, 0.25) is 0 Å². The van der Waals surface area contributed by atoms with E-state index in [1.807, 2.05) is 0 Å². The summed E-state index contributed by atoms with van der Waals surface area (Å²) >= 11 is 5.22. The molecule has 0 radical (unpaired) electrons. The number of unbranched alkanes of at least 4 members (excludes halogenated alkanes) is 3. The van der Waals surface area contributed by atoms with Crippen LogP contribution in [0.4, 0.5) is 5.69 Å². The average Bonchev–Trinajstić information content (AvgIpc) is 2.47. The van der Waals surface area contributed by atoms with Gasteiger partial charge in [-0.25, -0.2) is 12.7 Å². The molecule has 0 bridgehead atoms. The Labute approximate surface area is 139 Å². The van der Waals surface area contributed by atoms with E-state index >= 15 is 0 Å². The standard InChI is InChI=1S/C15H25N3O2S2/c1-4-5-6-7-11-16-15(21)17-13-9-8-10-14(12-13)22(19,20)18(2)3/h8-10,12H,4-7,11H2,1-3H3,(H2,16,17,21). The van der Waals surface area contributed by atoms with Crippen molar-refractivity contribution >= 4 is 33.0 Å². The minimum atomic E-state index is -3.43. The summed E-state index contributed by atoms with van der Waals surface area (Å²) in [6, 6.07) is 6.64. The largest absolute Gasteiger partial charge is 0.362 e. The number of nitrogens with zero attached hydrogens (tertiary/aromatic N) is 1. The van der Waals surface area contributed by atoms with E-state index in [-0.39, 0.29) is 4.90 Å². The Morgan fingerprint density at radius 3 is 2.59 bits per heavy atom. The molecule has 1 aromatic rings. The molecule has 0 aliphatic rings. The monoisotopic (exact) mass is 343 g/mol. The number of rotatable bonds is 8. The number of thiocarbonyl (C=S) groups is 1. The SMILES string of the molecule is CCCCCCNC(=S)Nc1cccc(S(=O)(=O)N(C)C)c1. The molecule has 124 valence electrons. The van der Waals surface area contributed by atoms with Crippen molar-refractivity contribution in [3.8, 4) is 0 Å². The zero-order chi connectivity index (χ0) is 16.6. The first kappa shape index (κ1) is 18.9. The summed E-state index contributed by atoms with van der Waals surface area (Å²) in [6.45, 7) is 3.00. The molecule has 2 N–H and O–H groups in total. The van der Waals surface area contributed by atoms with Crippen molar-refractivity contribution < 1.29 is 8.42 Å². The molecule has 0 saturated carbocycles. The highest BCUT2D eigenvalue weighted by Gasteiger charge is 2.17. The van der Waals surface area contributed by atoms with E-state index in [0.29, 0.717) is 10.8 Å². The Morgan fingerprint density at radius 1 is 1.23 bits per heavy atom. The summed E-state index contributed by atoms with van der Waals surface area (Å²) in [4.78, 5) is 0.244. The molecular formula is C15H25N3O2S2. The lowest BCUT2D eigenvalue weighted by Crippen LogP contribution is -2.29. The van der Waals surface area contributed by atoms with Crippen molar-refractivity contribution in [3.63, 3.8) is 0 Å². The lowest BCUT2D eigenvalue weighted by Gasteiger charge is -2.14. The molecular weight excluding hydrogens is 318 g/mol. The van der Waals surface area contributed by atoms with Crippen LogP contribution in [0.15, 0.2) is 29.2 Å². The van der Waals surface area contributed by atoms with Gasteiger partial charge < -0.3 is 10.6 Å². The predicted octanol–water partition coefficient (Wildman–Crippen LogP) is 2.80. The van der Waals surface area contributed by atoms with Gasteiger partial charge in [-0.15, -0.1) is 0 Å². The number of nitrogens with one attached hydrogen (secondary N) is 2. The first-order chi connectivity index (χ1) is 10.4. The molecule has 7 heteroatoms. The van der Waals surface area contributed by atoms with Crippen molar-refractivity contribution in [3.05, 3.63) is 24.3 Å². The van der Waals surface area contributed by atoms with E-state index in [4.69, 9.17) is 12.2 Å². The normalized spacial score (nSPS) is 11.5. The van der Waals surface area contributed by atoms with Crippen molar-refractivity contribution in [1.82, 2.24) is 9.62 Å². The molecule has 0 aliphatic carbocycles. The topological polar surface area (TPSA) is 61.4 Å². The maximum atomic E-state index is 12.1. The second-order valence-electron chi connectivity index (χ2n) is 5.26. The number of anilines is 1. The lowest BCUT2D eigenvalue weighted by molar-refractivity contribution is 0.521. The van der Waals surface area contributed by atoms with Crippen LogP contribution >= 0.6 is 12.2 Å². The highest BCUT2D eigenvalue weighted by Crippen LogP contribution is 2.17. The summed E-state index contributed by atoms with van der Waals surface area (Å²) in [5.74, 6) is 0. The van der Waals surface area contributed by atoms with E-state index < -0.39 is 10.0 Å². The summed E-state index contributed by atoms with van der Waals surface area (Å²) in [5.41, 5.74) is 0.661. The van der Waals surface area contributed by atoms with E-state index in [0.717, 1.165) is 13.0 Å². The third-order valence-electron chi connectivity index (χ3n) is 3.19. The second kappa shape index (κ2) is 9.07. The van der Waals surface area contributed by atoms with Crippen LogP contribution in [0, 0.1) is 0 Å². The van der Waals surface area contributed by atoms with E-state index in [1.165, 1.54) is 37.7 Å². The predicted molar refractivity (Wildman–Crippen MR) is 95.7 cm³/mol. The van der Waals surface area contributed by atoms with Crippen LogP contribution in [0.5, 0.6) is 0 Å². The highest BCUT2D eigenvalue weighted by atomic mass is 32.2. The van der Waals surface area contributed by atoms with Gasteiger partial charge in [0.15, 0.2) is 5.11 Å². The fourth-order valence-corrected chi connectivity index (χ4v) is 3.04. The Balaban J connectivity index is 2.58. The minimum Gasteiger partial charge on any atom is -0.362 e. The Bertz CT molecular complexity index is 586. The fourth-order valence-electron chi connectivity index (χ4n) is 1.87. The number of benzene rings is 1. The maximum absolute atomic E-state index is 12.1. The van der Waals surface area contributed by atoms with Crippen LogP contribution in [0.3, 0.4) is 0 Å². The van der Waals surface area contributed by atoms with Crippen molar-refractivity contribution in [1.29, 1.82) is 0 Å². The molecule has 0 aromatic heterocycles. The van der Waals surface area contributed by atoms with Crippen LogP contribution in [-0.2, 0) is 10.0 Å². The number of hydrogen-bond donors (Lipinski definition) is 2. The van der Waals surface area contributed by atoms with Gasteiger partial charge in [0.1, 0.15) is 0 Å². The van der Waals surface area contributed by atoms with Crippen LogP contribution in [-0.4, -0.2) is 38.5 Å². The fraction of sp³-hybridized carbons (Fsp3) is 0.533. The van der Waals surface area contributed by atoms with Crippen LogP contribution in [0.25, 0.3) is 0 Å². The molecule has 5 nitrogen and oxygen atoms in total. The molecule has 0 heterocycles. The molecule has 0 aliphatic heterocycles. The summed E-state index contributed by atoms with van der Waals surface area (Å²) < 4.78 is 25.4. The third kappa shape index (κ3) is 5.90. The number of hydrogen-bond acceptors (Lipinski definition) is 3. The molecule has 0 spiro atoms. The lowest BCUT2D eigenvalue weighted by atomic mass is 10.2. The van der Waals surface area contributed by atoms with Gasteiger partial charge in [-0.3, -0.25) is 0 Å². The molecule has 0 fully saturated rings. The van der Waals surface area contributed by atoms with Gasteiger partial charge in [-0.05, 0) is 36.8 Å². The molecule has 1 aromatic carbocycles. The van der Waals surface area contributed by atoms with Gasteiger partial charge in [0.25, 0.3) is 0 Å². The van der Waals surface area contributed by atoms with Gasteiger partial charge in [-0.1, -0.05) is 32.3 Å². The first-order valence-electron chi connectivity index (χ1n) is 7.45. The number of sulfonamides is 1. The molecule has 0 saturated heterocycles. The third-order valence-corrected chi connectivity index (χ3v) is 5.24. The maximum Gasteiger partial charge on any atom is 0.242 e. The zero-order valence-electron chi connectivity index (χ0n) is 13.4. The Hall–Kier alpha value is -1.18. The van der Waals surface area contributed by atoms with Gasteiger partial charge in [-0.2, -0.15) is 0 Å². The highest BCUT2D eigenvalue weighted by molar-refractivity contribution is 7.89. The van der Waals surface area contributed by atoms with Gasteiger partial charge in [0.2, 0.25) is 10.0 Å². The molecule has 1 rings (SSSR count).